The molecular formula is C20H19F3N2O3. The van der Waals surface area contributed by atoms with E-state index in [2.05, 4.69) is 5.32 Å². The Morgan fingerprint density at radius 1 is 1.25 bits per heavy atom. The molecule has 148 valence electrons. The normalized spacial score (nSPS) is 12.0. The highest BCUT2D eigenvalue weighted by molar-refractivity contribution is 5.95. The summed E-state index contributed by atoms with van der Waals surface area (Å²) in [4.78, 5) is 12.4. The van der Waals surface area contributed by atoms with Crippen LogP contribution in [-0.2, 0) is 11.0 Å². The molecule has 2 aromatic rings. The van der Waals surface area contributed by atoms with Gasteiger partial charge in [0.25, 0.3) is 5.91 Å². The Labute approximate surface area is 160 Å². The lowest BCUT2D eigenvalue weighted by Gasteiger charge is -2.18. The molecule has 1 amide bonds. The fraction of sp³-hybridized carbons (Fsp3) is 0.300. The van der Waals surface area contributed by atoms with Crippen LogP contribution < -0.4 is 14.8 Å². The topological polar surface area (TPSA) is 71.3 Å². The number of nitrogens with one attached hydrogen (secondary N) is 1. The minimum Gasteiger partial charge on any atom is -0.491 e. The number of carbonyl (C=O) groups excluding carboxylic acids is 1. The smallest absolute Gasteiger partial charge is 0.416 e. The third kappa shape index (κ3) is 5.64. The fourth-order valence-electron chi connectivity index (χ4n) is 2.27. The number of hydrogen-bond donors (Lipinski definition) is 1. The number of rotatable bonds is 7. The zero-order valence-electron chi connectivity index (χ0n) is 15.3. The van der Waals surface area contributed by atoms with Crippen LogP contribution in [0.4, 0.5) is 18.9 Å². The molecule has 0 spiro atoms. The van der Waals surface area contributed by atoms with Gasteiger partial charge in [0.2, 0.25) is 0 Å². The summed E-state index contributed by atoms with van der Waals surface area (Å²) in [7, 11) is 0. The number of halogens is 3. The van der Waals surface area contributed by atoms with Crippen LogP contribution in [0.15, 0.2) is 42.5 Å². The van der Waals surface area contributed by atoms with Crippen molar-refractivity contribution in [2.45, 2.75) is 32.5 Å². The number of hydrogen-bond acceptors (Lipinski definition) is 4. The van der Waals surface area contributed by atoms with E-state index in [1.54, 1.807) is 18.2 Å². The van der Waals surface area contributed by atoms with E-state index >= 15 is 0 Å². The largest absolute Gasteiger partial charge is 0.491 e. The first-order valence-corrected chi connectivity index (χ1v) is 8.56. The molecule has 0 radical (unpaired) electrons. The number of benzene rings is 2. The van der Waals surface area contributed by atoms with Gasteiger partial charge in [-0.2, -0.15) is 18.4 Å². The quantitative estimate of drug-likeness (QED) is 0.737. The van der Waals surface area contributed by atoms with E-state index in [1.807, 2.05) is 13.0 Å². The second-order valence-electron chi connectivity index (χ2n) is 5.95. The van der Waals surface area contributed by atoms with Crippen molar-refractivity contribution in [2.75, 3.05) is 11.9 Å². The van der Waals surface area contributed by atoms with Gasteiger partial charge in [0.05, 0.1) is 29.5 Å². The first kappa shape index (κ1) is 21.1. The van der Waals surface area contributed by atoms with Gasteiger partial charge in [-0.1, -0.05) is 13.0 Å². The average Bonchev–Trinajstić information content (AvgIpc) is 2.66. The summed E-state index contributed by atoms with van der Waals surface area (Å²) < 4.78 is 49.9. The molecule has 0 saturated heterocycles. The van der Waals surface area contributed by atoms with Gasteiger partial charge in [0, 0.05) is 0 Å². The summed E-state index contributed by atoms with van der Waals surface area (Å²) in [5, 5.41) is 11.3. The molecule has 0 bridgehead atoms. The number of nitrogens with zero attached hydrogens (tertiary/aromatic N) is 1. The van der Waals surface area contributed by atoms with Gasteiger partial charge in [0.1, 0.15) is 11.5 Å². The molecular weight excluding hydrogens is 373 g/mol. The highest BCUT2D eigenvalue weighted by Gasteiger charge is 2.31. The molecule has 28 heavy (non-hydrogen) atoms. The molecule has 1 unspecified atom stereocenters. The van der Waals surface area contributed by atoms with Gasteiger partial charge < -0.3 is 14.8 Å². The lowest BCUT2D eigenvalue weighted by Crippen LogP contribution is -2.30. The summed E-state index contributed by atoms with van der Waals surface area (Å²) in [5.74, 6) is -0.210. The zero-order valence-corrected chi connectivity index (χ0v) is 15.3. The third-order valence-electron chi connectivity index (χ3n) is 3.67. The van der Waals surface area contributed by atoms with E-state index in [9.17, 15) is 18.0 Å². The van der Waals surface area contributed by atoms with E-state index < -0.39 is 23.8 Å². The Morgan fingerprint density at radius 2 is 2.00 bits per heavy atom. The van der Waals surface area contributed by atoms with Gasteiger partial charge in [-0.15, -0.1) is 0 Å². The molecule has 0 aliphatic carbocycles. The van der Waals surface area contributed by atoms with Crippen molar-refractivity contribution in [3.8, 4) is 17.6 Å². The highest BCUT2D eigenvalue weighted by Crippen LogP contribution is 2.35. The van der Waals surface area contributed by atoms with Gasteiger partial charge in [-0.25, -0.2) is 0 Å². The zero-order chi connectivity index (χ0) is 20.7. The summed E-state index contributed by atoms with van der Waals surface area (Å²) in [5.41, 5.74) is -0.630. The number of carbonyl (C=O) groups is 1. The first-order chi connectivity index (χ1) is 13.2. The first-order valence-electron chi connectivity index (χ1n) is 8.56. The van der Waals surface area contributed by atoms with Gasteiger partial charge in [-0.05, 0) is 49.7 Å². The maximum absolute atomic E-state index is 13.0. The van der Waals surface area contributed by atoms with Crippen LogP contribution in [-0.4, -0.2) is 18.6 Å². The molecule has 0 aliphatic heterocycles. The fourth-order valence-corrected chi connectivity index (χ4v) is 2.27. The molecule has 0 fully saturated rings. The molecule has 2 aromatic carbocycles. The Bertz CT molecular complexity index is 876. The average molecular weight is 392 g/mol. The van der Waals surface area contributed by atoms with Crippen LogP contribution in [0.3, 0.4) is 0 Å². The van der Waals surface area contributed by atoms with Gasteiger partial charge >= 0.3 is 6.18 Å². The van der Waals surface area contributed by atoms with Gasteiger partial charge in [0.15, 0.2) is 6.10 Å². The molecule has 8 heteroatoms. The van der Waals surface area contributed by atoms with E-state index in [0.717, 1.165) is 12.1 Å². The lowest BCUT2D eigenvalue weighted by atomic mass is 10.1. The number of alkyl halides is 3. The second kappa shape index (κ2) is 9.13. The number of nitriles is 1. The van der Waals surface area contributed by atoms with Crippen molar-refractivity contribution in [1.82, 2.24) is 0 Å². The third-order valence-corrected chi connectivity index (χ3v) is 3.67. The van der Waals surface area contributed by atoms with E-state index in [1.165, 1.54) is 19.1 Å². The second-order valence-corrected chi connectivity index (χ2v) is 5.95. The summed E-state index contributed by atoms with van der Waals surface area (Å²) in [6.45, 7) is 3.60. The van der Waals surface area contributed by atoms with E-state index in [0.29, 0.717) is 24.3 Å². The maximum Gasteiger partial charge on any atom is 0.416 e. The van der Waals surface area contributed by atoms with Crippen molar-refractivity contribution in [3.63, 3.8) is 0 Å². The number of ether oxygens (including phenoxy) is 2. The molecule has 0 saturated carbocycles. The van der Waals surface area contributed by atoms with Crippen molar-refractivity contribution in [2.24, 2.45) is 0 Å². The number of amides is 1. The molecule has 0 aliphatic rings. The SMILES string of the molecule is CCCOc1ccc(C(F)(F)F)cc1NC(=O)C(C)Oc1cccc(C#N)c1. The Morgan fingerprint density at radius 3 is 2.64 bits per heavy atom. The van der Waals surface area contributed by atoms with Crippen LogP contribution >= 0.6 is 0 Å². The molecule has 0 aromatic heterocycles. The summed E-state index contributed by atoms with van der Waals surface area (Å²) >= 11 is 0. The monoisotopic (exact) mass is 392 g/mol. The Kier molecular flexibility index (Phi) is 6.88. The highest BCUT2D eigenvalue weighted by atomic mass is 19.4. The van der Waals surface area contributed by atoms with Crippen molar-refractivity contribution in [3.05, 3.63) is 53.6 Å². The van der Waals surface area contributed by atoms with Crippen molar-refractivity contribution < 1.29 is 27.4 Å². The molecule has 1 N–H and O–H groups in total. The van der Waals surface area contributed by atoms with E-state index in [-0.39, 0.29) is 11.4 Å². The van der Waals surface area contributed by atoms with Crippen LogP contribution in [0.25, 0.3) is 0 Å². The summed E-state index contributed by atoms with van der Waals surface area (Å²) in [6.07, 6.45) is -4.91. The minimum atomic E-state index is -4.55. The van der Waals surface area contributed by atoms with Crippen molar-refractivity contribution >= 4 is 11.6 Å². The molecule has 2 rings (SSSR count). The van der Waals surface area contributed by atoms with Crippen LogP contribution in [0.1, 0.15) is 31.4 Å². The predicted molar refractivity (Wildman–Crippen MR) is 97.1 cm³/mol. The van der Waals surface area contributed by atoms with Crippen LogP contribution in [0.5, 0.6) is 11.5 Å². The van der Waals surface area contributed by atoms with Crippen LogP contribution in [0.2, 0.25) is 0 Å². The Hall–Kier alpha value is -3.21. The van der Waals surface area contributed by atoms with Crippen LogP contribution in [0, 0.1) is 11.3 Å². The lowest BCUT2D eigenvalue weighted by molar-refractivity contribution is -0.137. The maximum atomic E-state index is 13.0. The predicted octanol–water partition coefficient (Wildman–Crippen LogP) is 4.77. The number of anilines is 1. The standard InChI is InChI=1S/C20H19F3N2O3/c1-3-9-27-18-8-7-15(20(21,22)23)11-17(18)25-19(26)13(2)28-16-6-4-5-14(10-16)12-24/h4-8,10-11,13H,3,9H2,1-2H3,(H,25,26). The summed E-state index contributed by atoms with van der Waals surface area (Å²) in [6, 6.07) is 11.1. The minimum absolute atomic E-state index is 0.0884. The Balaban J connectivity index is 2.19. The van der Waals surface area contributed by atoms with Crippen molar-refractivity contribution in [1.29, 1.82) is 5.26 Å². The molecule has 5 nitrogen and oxygen atoms in total. The molecule has 1 atom stereocenters. The molecule has 0 heterocycles. The van der Waals surface area contributed by atoms with Gasteiger partial charge in [-0.3, -0.25) is 4.79 Å². The van der Waals surface area contributed by atoms with E-state index in [4.69, 9.17) is 14.7 Å².